The van der Waals surface area contributed by atoms with Gasteiger partial charge >= 0.3 is 0 Å². The molecule has 0 bridgehead atoms. The molecule has 29 heavy (non-hydrogen) atoms. The zero-order valence-corrected chi connectivity index (χ0v) is 17.6. The summed E-state index contributed by atoms with van der Waals surface area (Å²) in [6.45, 7) is 0.113. The van der Waals surface area contributed by atoms with Crippen LogP contribution < -0.4 is 9.47 Å². The molecule has 0 atom stereocenters. The van der Waals surface area contributed by atoms with Gasteiger partial charge in [-0.15, -0.1) is 6.42 Å². The van der Waals surface area contributed by atoms with Gasteiger partial charge in [-0.2, -0.15) is 0 Å². The van der Waals surface area contributed by atoms with Gasteiger partial charge in [-0.3, -0.25) is 14.5 Å². The highest BCUT2D eigenvalue weighted by Crippen LogP contribution is 2.36. The van der Waals surface area contributed by atoms with Crippen LogP contribution in [0.5, 0.6) is 11.5 Å². The van der Waals surface area contributed by atoms with E-state index in [1.165, 1.54) is 7.11 Å². The number of halogens is 2. The molecule has 3 rings (SSSR count). The summed E-state index contributed by atoms with van der Waals surface area (Å²) in [5, 5.41) is 0.402. The highest BCUT2D eigenvalue weighted by atomic mass is 35.5. The minimum absolute atomic E-state index is 0.00268. The van der Waals surface area contributed by atoms with Gasteiger partial charge in [-0.05, 0) is 47.7 Å². The second-order valence-corrected chi connectivity index (χ2v) is 7.68. The lowest BCUT2D eigenvalue weighted by atomic mass is 10.1. The molecular weight excluding hydrogens is 433 g/mol. The van der Waals surface area contributed by atoms with Gasteiger partial charge in [0.2, 0.25) is 0 Å². The maximum Gasteiger partial charge on any atom is 0.293 e. The molecule has 8 heteroatoms. The molecule has 1 saturated heterocycles. The van der Waals surface area contributed by atoms with Crippen LogP contribution >= 0.6 is 35.0 Å². The SMILES string of the molecule is C#CCOc1ccc(/C=C2\SC(=O)N(Cc3c(Cl)cccc3Cl)C2=O)cc1OC. The smallest absolute Gasteiger partial charge is 0.293 e. The van der Waals surface area contributed by atoms with Gasteiger partial charge in [0.05, 0.1) is 18.6 Å². The molecule has 0 saturated carbocycles. The van der Waals surface area contributed by atoms with Crippen molar-refractivity contribution in [2.75, 3.05) is 13.7 Å². The number of rotatable bonds is 6. The lowest BCUT2D eigenvalue weighted by molar-refractivity contribution is -0.123. The van der Waals surface area contributed by atoms with Crippen molar-refractivity contribution in [1.29, 1.82) is 0 Å². The first-order chi connectivity index (χ1) is 13.9. The first-order valence-electron chi connectivity index (χ1n) is 8.37. The molecular formula is C21H15Cl2NO4S. The Morgan fingerprint density at radius 1 is 1.17 bits per heavy atom. The number of nitrogens with zero attached hydrogens (tertiary/aromatic N) is 1. The Bertz CT molecular complexity index is 1030. The summed E-state index contributed by atoms with van der Waals surface area (Å²) >= 11 is 13.2. The van der Waals surface area contributed by atoms with Crippen LogP contribution in [0.1, 0.15) is 11.1 Å². The van der Waals surface area contributed by atoms with E-state index in [-0.39, 0.29) is 18.1 Å². The molecule has 2 amide bonds. The highest BCUT2D eigenvalue weighted by molar-refractivity contribution is 8.18. The molecule has 1 heterocycles. The highest BCUT2D eigenvalue weighted by Gasteiger charge is 2.35. The van der Waals surface area contributed by atoms with Gasteiger partial charge in [-0.25, -0.2) is 0 Å². The predicted molar refractivity (Wildman–Crippen MR) is 115 cm³/mol. The zero-order chi connectivity index (χ0) is 21.0. The molecule has 0 aliphatic carbocycles. The number of thioether (sulfide) groups is 1. The third-order valence-electron chi connectivity index (χ3n) is 4.05. The first-order valence-corrected chi connectivity index (χ1v) is 9.94. The number of benzene rings is 2. The number of terminal acetylenes is 1. The number of imide groups is 1. The van der Waals surface area contributed by atoms with Crippen LogP contribution in [0.2, 0.25) is 10.0 Å². The number of hydrogen-bond donors (Lipinski definition) is 0. The molecule has 0 aromatic heterocycles. The minimum Gasteiger partial charge on any atom is -0.493 e. The van der Waals surface area contributed by atoms with Crippen LogP contribution in [0.4, 0.5) is 4.79 Å². The Morgan fingerprint density at radius 2 is 1.90 bits per heavy atom. The fraction of sp³-hybridized carbons (Fsp3) is 0.143. The number of hydrogen-bond acceptors (Lipinski definition) is 5. The van der Waals surface area contributed by atoms with Crippen LogP contribution in [-0.2, 0) is 11.3 Å². The maximum atomic E-state index is 12.8. The normalized spacial score (nSPS) is 15.0. The van der Waals surface area contributed by atoms with E-state index in [9.17, 15) is 9.59 Å². The average Bonchev–Trinajstić information content (AvgIpc) is 2.96. The molecule has 1 fully saturated rings. The molecule has 0 unspecified atom stereocenters. The van der Waals surface area contributed by atoms with E-state index in [1.807, 2.05) is 0 Å². The zero-order valence-electron chi connectivity index (χ0n) is 15.3. The molecule has 0 N–H and O–H groups in total. The summed E-state index contributed by atoms with van der Waals surface area (Å²) in [6.07, 6.45) is 6.82. The van der Waals surface area contributed by atoms with Crippen molar-refractivity contribution in [3.8, 4) is 23.8 Å². The number of amides is 2. The molecule has 5 nitrogen and oxygen atoms in total. The Hall–Kier alpha value is -2.59. The van der Waals surface area contributed by atoms with Gasteiger partial charge in [-0.1, -0.05) is 41.3 Å². The predicted octanol–water partition coefficient (Wildman–Crippen LogP) is 5.25. The van der Waals surface area contributed by atoms with Gasteiger partial charge in [0.25, 0.3) is 11.1 Å². The summed E-state index contributed by atoms with van der Waals surface area (Å²) in [7, 11) is 1.50. The van der Waals surface area contributed by atoms with Crippen LogP contribution in [0.25, 0.3) is 6.08 Å². The molecule has 148 valence electrons. The van der Waals surface area contributed by atoms with Gasteiger partial charge < -0.3 is 9.47 Å². The Labute approximate surface area is 182 Å². The number of ether oxygens (including phenoxy) is 2. The number of carbonyl (C=O) groups excluding carboxylic acids is 2. The Kier molecular flexibility index (Phi) is 6.75. The molecule has 0 radical (unpaired) electrons. The van der Waals surface area contributed by atoms with Crippen molar-refractivity contribution in [3.63, 3.8) is 0 Å². The van der Waals surface area contributed by atoms with E-state index in [4.69, 9.17) is 39.1 Å². The fourth-order valence-corrected chi connectivity index (χ4v) is 4.00. The van der Waals surface area contributed by atoms with E-state index in [1.54, 1.807) is 42.5 Å². The van der Waals surface area contributed by atoms with E-state index >= 15 is 0 Å². The maximum absolute atomic E-state index is 12.8. The molecule has 1 aliphatic heterocycles. The number of carbonyl (C=O) groups is 2. The third kappa shape index (κ3) is 4.70. The first kappa shape index (κ1) is 21.1. The van der Waals surface area contributed by atoms with E-state index in [2.05, 4.69) is 5.92 Å². The minimum atomic E-state index is -0.414. The summed E-state index contributed by atoms with van der Waals surface area (Å²) < 4.78 is 10.7. The van der Waals surface area contributed by atoms with Gasteiger partial charge in [0, 0.05) is 15.6 Å². The van der Waals surface area contributed by atoms with Crippen LogP contribution in [-0.4, -0.2) is 29.8 Å². The number of methoxy groups -OCH3 is 1. The lowest BCUT2D eigenvalue weighted by Gasteiger charge is -2.14. The third-order valence-corrected chi connectivity index (χ3v) is 5.66. The quantitative estimate of drug-likeness (QED) is 0.446. The van der Waals surface area contributed by atoms with Crippen molar-refractivity contribution < 1.29 is 19.1 Å². The van der Waals surface area contributed by atoms with E-state index in [0.29, 0.717) is 32.7 Å². The Balaban J connectivity index is 1.84. The topological polar surface area (TPSA) is 55.8 Å². The van der Waals surface area contributed by atoms with Crippen molar-refractivity contribution in [2.45, 2.75) is 6.54 Å². The van der Waals surface area contributed by atoms with Crippen molar-refractivity contribution >= 4 is 52.2 Å². The lowest BCUT2D eigenvalue weighted by Crippen LogP contribution is -2.27. The van der Waals surface area contributed by atoms with E-state index in [0.717, 1.165) is 16.7 Å². The monoisotopic (exact) mass is 447 g/mol. The molecule has 0 spiro atoms. The van der Waals surface area contributed by atoms with E-state index < -0.39 is 11.1 Å². The molecule has 2 aromatic carbocycles. The van der Waals surface area contributed by atoms with Crippen molar-refractivity contribution in [1.82, 2.24) is 4.90 Å². The largest absolute Gasteiger partial charge is 0.493 e. The standard InChI is InChI=1S/C21H15Cl2NO4S/c1-3-9-28-17-8-7-13(10-18(17)27-2)11-19-20(25)24(21(26)29-19)12-14-15(22)5-4-6-16(14)23/h1,4-8,10-11H,9,12H2,2H3/b19-11-. The molecule has 2 aromatic rings. The summed E-state index contributed by atoms with van der Waals surface area (Å²) in [5.74, 6) is 2.93. The second kappa shape index (κ2) is 9.27. The van der Waals surface area contributed by atoms with Crippen molar-refractivity contribution in [2.24, 2.45) is 0 Å². The van der Waals surface area contributed by atoms with Crippen LogP contribution in [0.15, 0.2) is 41.3 Å². The fourth-order valence-electron chi connectivity index (χ4n) is 2.64. The summed E-state index contributed by atoms with van der Waals surface area (Å²) in [4.78, 5) is 26.6. The van der Waals surface area contributed by atoms with Gasteiger partial charge in [0.1, 0.15) is 6.61 Å². The van der Waals surface area contributed by atoms with Crippen molar-refractivity contribution in [3.05, 3.63) is 62.5 Å². The van der Waals surface area contributed by atoms with Crippen LogP contribution in [0.3, 0.4) is 0 Å². The van der Waals surface area contributed by atoms with Gasteiger partial charge in [0.15, 0.2) is 11.5 Å². The summed E-state index contributed by atoms with van der Waals surface area (Å²) in [6, 6.07) is 10.2. The second-order valence-electron chi connectivity index (χ2n) is 5.87. The summed E-state index contributed by atoms with van der Waals surface area (Å²) in [5.41, 5.74) is 1.20. The molecule has 1 aliphatic rings. The Morgan fingerprint density at radius 3 is 2.55 bits per heavy atom. The van der Waals surface area contributed by atoms with Crippen LogP contribution in [0, 0.1) is 12.3 Å². The average molecular weight is 448 g/mol.